The van der Waals surface area contributed by atoms with Gasteiger partial charge in [0.1, 0.15) is 0 Å². The Morgan fingerprint density at radius 1 is 1.24 bits per heavy atom. The van der Waals surface area contributed by atoms with E-state index < -0.39 is 5.56 Å². The summed E-state index contributed by atoms with van der Waals surface area (Å²) in [5.74, 6) is 0. The van der Waals surface area contributed by atoms with Crippen LogP contribution in [-0.4, -0.2) is 9.94 Å². The molecule has 0 bridgehead atoms. The van der Waals surface area contributed by atoms with Gasteiger partial charge in [-0.1, -0.05) is 24.3 Å². The maximum absolute atomic E-state index is 11.5. The highest BCUT2D eigenvalue weighted by Gasteiger charge is 2.06. The first-order valence-corrected chi connectivity index (χ1v) is 5.34. The van der Waals surface area contributed by atoms with Crippen LogP contribution in [0.15, 0.2) is 41.2 Å². The van der Waals surface area contributed by atoms with Crippen LogP contribution in [0.25, 0.3) is 11.3 Å². The Bertz CT molecular complexity index is 585. The average Bonchev–Trinajstić information content (AvgIpc) is 2.34. The molecule has 0 unspecified atom stereocenters. The van der Waals surface area contributed by atoms with E-state index in [1.165, 1.54) is 6.07 Å². The molecule has 17 heavy (non-hydrogen) atoms. The molecular formula is C13H14N2O2. The second-order valence-corrected chi connectivity index (χ2v) is 3.97. The minimum absolute atomic E-state index is 0.428. The van der Waals surface area contributed by atoms with Gasteiger partial charge in [-0.2, -0.15) is 0 Å². The first-order chi connectivity index (χ1) is 8.11. The van der Waals surface area contributed by atoms with Crippen LogP contribution in [0.3, 0.4) is 0 Å². The molecule has 2 rings (SSSR count). The number of aryl methyl sites for hydroxylation is 1. The van der Waals surface area contributed by atoms with Crippen molar-refractivity contribution in [2.75, 3.05) is 0 Å². The van der Waals surface area contributed by atoms with Gasteiger partial charge in [0, 0.05) is 18.2 Å². The smallest absolute Gasteiger partial charge is 0.283 e. The highest BCUT2D eigenvalue weighted by atomic mass is 16.5. The number of benzene rings is 1. The van der Waals surface area contributed by atoms with Crippen molar-refractivity contribution in [2.24, 2.45) is 5.73 Å². The predicted molar refractivity (Wildman–Crippen MR) is 66.0 cm³/mol. The number of hydrogen-bond acceptors (Lipinski definition) is 3. The minimum atomic E-state index is -0.428. The van der Waals surface area contributed by atoms with Crippen molar-refractivity contribution in [1.29, 1.82) is 0 Å². The Labute approximate surface area is 98.9 Å². The van der Waals surface area contributed by atoms with Crippen molar-refractivity contribution in [3.05, 3.63) is 57.9 Å². The van der Waals surface area contributed by atoms with Crippen molar-refractivity contribution in [1.82, 2.24) is 4.73 Å². The molecule has 0 amide bonds. The van der Waals surface area contributed by atoms with Gasteiger partial charge in [0.15, 0.2) is 0 Å². The van der Waals surface area contributed by atoms with Gasteiger partial charge in [-0.25, -0.2) is 0 Å². The first-order valence-electron chi connectivity index (χ1n) is 5.34. The van der Waals surface area contributed by atoms with E-state index in [2.05, 4.69) is 0 Å². The van der Waals surface area contributed by atoms with E-state index in [1.807, 2.05) is 31.2 Å². The standard InChI is InChI=1S/C13H14N2O2/c1-9-6-12(15(17)13(16)7-9)11-4-2-10(8-14)3-5-11/h2-7,17H,8,14H2,1H3. The molecule has 0 saturated heterocycles. The molecule has 0 aliphatic carbocycles. The summed E-state index contributed by atoms with van der Waals surface area (Å²) in [4.78, 5) is 11.5. The lowest BCUT2D eigenvalue weighted by Crippen LogP contribution is -2.18. The zero-order chi connectivity index (χ0) is 12.4. The number of pyridine rings is 1. The topological polar surface area (TPSA) is 68.2 Å². The second-order valence-electron chi connectivity index (χ2n) is 3.97. The largest absolute Gasteiger partial charge is 0.425 e. The van der Waals surface area contributed by atoms with Crippen LogP contribution >= 0.6 is 0 Å². The summed E-state index contributed by atoms with van der Waals surface area (Å²) in [5.41, 5.74) is 8.18. The van der Waals surface area contributed by atoms with Gasteiger partial charge in [-0.3, -0.25) is 4.79 Å². The molecule has 0 aliphatic heterocycles. The number of nitrogens with two attached hydrogens (primary N) is 1. The van der Waals surface area contributed by atoms with Crippen molar-refractivity contribution in [3.63, 3.8) is 0 Å². The van der Waals surface area contributed by atoms with Crippen molar-refractivity contribution < 1.29 is 5.21 Å². The van der Waals surface area contributed by atoms with E-state index in [4.69, 9.17) is 5.73 Å². The van der Waals surface area contributed by atoms with Gasteiger partial charge in [0.25, 0.3) is 5.56 Å². The maximum atomic E-state index is 11.5. The van der Waals surface area contributed by atoms with Crippen LogP contribution in [0.1, 0.15) is 11.1 Å². The first kappa shape index (κ1) is 11.4. The zero-order valence-electron chi connectivity index (χ0n) is 9.55. The number of rotatable bonds is 2. The maximum Gasteiger partial charge on any atom is 0.283 e. The molecule has 1 aromatic heterocycles. The van der Waals surface area contributed by atoms with Crippen molar-refractivity contribution in [2.45, 2.75) is 13.5 Å². The Kier molecular flexibility index (Phi) is 2.97. The Hall–Kier alpha value is -2.07. The zero-order valence-corrected chi connectivity index (χ0v) is 9.55. The lowest BCUT2D eigenvalue weighted by molar-refractivity contribution is 0.179. The van der Waals surface area contributed by atoms with Crippen LogP contribution < -0.4 is 11.3 Å². The molecule has 0 spiro atoms. The molecule has 1 heterocycles. The molecule has 0 radical (unpaired) electrons. The normalized spacial score (nSPS) is 10.5. The average molecular weight is 230 g/mol. The van der Waals surface area contributed by atoms with Gasteiger partial charge in [-0.05, 0) is 24.1 Å². The van der Waals surface area contributed by atoms with Gasteiger partial charge < -0.3 is 10.9 Å². The second kappa shape index (κ2) is 4.43. The molecule has 0 aliphatic rings. The molecular weight excluding hydrogens is 216 g/mol. The third-order valence-corrected chi connectivity index (χ3v) is 2.64. The Morgan fingerprint density at radius 2 is 1.88 bits per heavy atom. The summed E-state index contributed by atoms with van der Waals surface area (Å²) in [6, 6.07) is 10.6. The fraction of sp³-hybridized carbons (Fsp3) is 0.154. The summed E-state index contributed by atoms with van der Waals surface area (Å²) in [7, 11) is 0. The summed E-state index contributed by atoms with van der Waals surface area (Å²) in [6.07, 6.45) is 0. The highest BCUT2D eigenvalue weighted by Crippen LogP contribution is 2.18. The monoisotopic (exact) mass is 230 g/mol. The molecule has 1 aromatic carbocycles. The molecule has 0 fully saturated rings. The number of aromatic nitrogens is 1. The van der Waals surface area contributed by atoms with Gasteiger partial charge in [0.2, 0.25) is 0 Å². The quantitative estimate of drug-likeness (QED) is 0.768. The summed E-state index contributed by atoms with van der Waals surface area (Å²) < 4.78 is 0.657. The lowest BCUT2D eigenvalue weighted by Gasteiger charge is -2.08. The van der Waals surface area contributed by atoms with Crippen LogP contribution in [-0.2, 0) is 6.54 Å². The molecule has 88 valence electrons. The fourth-order valence-electron chi connectivity index (χ4n) is 1.71. The van der Waals surface area contributed by atoms with E-state index in [0.29, 0.717) is 17.0 Å². The predicted octanol–water partition coefficient (Wildman–Crippen LogP) is 1.52. The van der Waals surface area contributed by atoms with Gasteiger partial charge in [0.05, 0.1) is 5.69 Å². The lowest BCUT2D eigenvalue weighted by atomic mass is 10.1. The fourth-order valence-corrected chi connectivity index (χ4v) is 1.71. The van der Waals surface area contributed by atoms with Gasteiger partial charge >= 0.3 is 0 Å². The molecule has 0 atom stereocenters. The summed E-state index contributed by atoms with van der Waals surface area (Å²) >= 11 is 0. The third-order valence-electron chi connectivity index (χ3n) is 2.64. The Morgan fingerprint density at radius 3 is 2.47 bits per heavy atom. The van der Waals surface area contributed by atoms with E-state index in [1.54, 1.807) is 6.07 Å². The van der Waals surface area contributed by atoms with E-state index in [9.17, 15) is 10.0 Å². The molecule has 3 N–H and O–H groups in total. The molecule has 4 nitrogen and oxygen atoms in total. The van der Waals surface area contributed by atoms with E-state index in [-0.39, 0.29) is 0 Å². The van der Waals surface area contributed by atoms with E-state index >= 15 is 0 Å². The Balaban J connectivity index is 2.56. The number of nitrogens with zero attached hydrogens (tertiary/aromatic N) is 1. The highest BCUT2D eigenvalue weighted by molar-refractivity contribution is 5.60. The summed E-state index contributed by atoms with van der Waals surface area (Å²) in [5, 5.41) is 9.68. The van der Waals surface area contributed by atoms with Crippen LogP contribution in [0.5, 0.6) is 0 Å². The van der Waals surface area contributed by atoms with E-state index in [0.717, 1.165) is 16.7 Å². The minimum Gasteiger partial charge on any atom is -0.425 e. The molecule has 2 aromatic rings. The summed E-state index contributed by atoms with van der Waals surface area (Å²) in [6.45, 7) is 2.29. The molecule has 4 heteroatoms. The third kappa shape index (κ3) is 2.21. The van der Waals surface area contributed by atoms with Crippen LogP contribution in [0, 0.1) is 6.92 Å². The van der Waals surface area contributed by atoms with Gasteiger partial charge in [-0.15, -0.1) is 4.73 Å². The van der Waals surface area contributed by atoms with Crippen molar-refractivity contribution in [3.8, 4) is 11.3 Å². The SMILES string of the molecule is Cc1cc(-c2ccc(CN)cc2)n(O)c(=O)c1. The number of hydrogen-bond donors (Lipinski definition) is 2. The van der Waals surface area contributed by atoms with Crippen LogP contribution in [0.4, 0.5) is 0 Å². The van der Waals surface area contributed by atoms with Crippen molar-refractivity contribution >= 4 is 0 Å². The molecule has 0 saturated carbocycles. The van der Waals surface area contributed by atoms with Crippen LogP contribution in [0.2, 0.25) is 0 Å².